The summed E-state index contributed by atoms with van der Waals surface area (Å²) in [5.74, 6) is 0.686. The Bertz CT molecular complexity index is 793. The molecule has 0 saturated heterocycles. The molecule has 0 spiro atoms. The molecule has 0 fully saturated rings. The van der Waals surface area contributed by atoms with Crippen LogP contribution in [0.15, 0.2) is 47.6 Å². The SMILES string of the molecule is COc1ccc(OCC(=O)N/N=C\c2cc([N+](=O)[O-])ccc2Cl)cc1. The van der Waals surface area contributed by atoms with E-state index in [0.717, 1.165) is 0 Å². The number of ether oxygens (including phenoxy) is 2. The van der Waals surface area contributed by atoms with Crippen LogP contribution in [0.2, 0.25) is 5.02 Å². The summed E-state index contributed by atoms with van der Waals surface area (Å²) < 4.78 is 10.3. The number of benzene rings is 2. The molecular weight excluding hydrogens is 350 g/mol. The van der Waals surface area contributed by atoms with Crippen LogP contribution in [0.3, 0.4) is 0 Å². The summed E-state index contributed by atoms with van der Waals surface area (Å²) in [5, 5.41) is 14.7. The lowest BCUT2D eigenvalue weighted by Crippen LogP contribution is -2.24. The normalized spacial score (nSPS) is 10.5. The number of halogens is 1. The van der Waals surface area contributed by atoms with Gasteiger partial charge in [0, 0.05) is 22.7 Å². The minimum absolute atomic E-state index is 0.125. The Balaban J connectivity index is 1.87. The smallest absolute Gasteiger partial charge is 0.277 e. The van der Waals surface area contributed by atoms with Crippen LogP contribution in [0.1, 0.15) is 5.56 Å². The van der Waals surface area contributed by atoms with Gasteiger partial charge in [-0.2, -0.15) is 5.10 Å². The number of rotatable bonds is 7. The number of non-ortho nitro benzene ring substituents is 1. The van der Waals surface area contributed by atoms with Gasteiger partial charge in [0.1, 0.15) is 11.5 Å². The zero-order chi connectivity index (χ0) is 18.2. The van der Waals surface area contributed by atoms with E-state index >= 15 is 0 Å². The first-order chi connectivity index (χ1) is 12.0. The molecule has 8 nitrogen and oxygen atoms in total. The third kappa shape index (κ3) is 5.47. The highest BCUT2D eigenvalue weighted by atomic mass is 35.5. The highest BCUT2D eigenvalue weighted by Crippen LogP contribution is 2.20. The maximum Gasteiger partial charge on any atom is 0.277 e. The fourth-order valence-corrected chi connectivity index (χ4v) is 1.94. The first-order valence-electron chi connectivity index (χ1n) is 7.02. The van der Waals surface area contributed by atoms with Crippen molar-refractivity contribution in [1.82, 2.24) is 5.43 Å². The van der Waals surface area contributed by atoms with Crippen LogP contribution in [-0.4, -0.2) is 30.8 Å². The van der Waals surface area contributed by atoms with Gasteiger partial charge in [-0.3, -0.25) is 14.9 Å². The zero-order valence-corrected chi connectivity index (χ0v) is 13.9. The minimum Gasteiger partial charge on any atom is -0.497 e. The summed E-state index contributed by atoms with van der Waals surface area (Å²) in [6, 6.07) is 10.7. The molecule has 0 aliphatic rings. The number of hydrogen-bond donors (Lipinski definition) is 1. The van der Waals surface area contributed by atoms with Crippen molar-refractivity contribution < 1.29 is 19.2 Å². The molecule has 0 heterocycles. The third-order valence-corrected chi connectivity index (χ3v) is 3.36. The number of nitrogens with zero attached hydrogens (tertiary/aromatic N) is 2. The highest BCUT2D eigenvalue weighted by molar-refractivity contribution is 6.33. The Hall–Kier alpha value is -3.13. The molecule has 130 valence electrons. The van der Waals surface area contributed by atoms with Crippen molar-refractivity contribution in [2.45, 2.75) is 0 Å². The summed E-state index contributed by atoms with van der Waals surface area (Å²) in [4.78, 5) is 21.9. The molecule has 0 atom stereocenters. The molecule has 9 heteroatoms. The van der Waals surface area contributed by atoms with Crippen molar-refractivity contribution in [3.05, 3.63) is 63.2 Å². The van der Waals surface area contributed by atoms with E-state index in [-0.39, 0.29) is 17.3 Å². The van der Waals surface area contributed by atoms with E-state index in [4.69, 9.17) is 21.1 Å². The maximum absolute atomic E-state index is 11.7. The van der Waals surface area contributed by atoms with Crippen LogP contribution in [-0.2, 0) is 4.79 Å². The van der Waals surface area contributed by atoms with E-state index in [1.54, 1.807) is 31.4 Å². The lowest BCUT2D eigenvalue weighted by atomic mass is 10.2. The second-order valence-electron chi connectivity index (χ2n) is 4.72. The molecule has 2 aromatic carbocycles. The van der Waals surface area contributed by atoms with Crippen LogP contribution in [0.4, 0.5) is 5.69 Å². The molecule has 0 radical (unpaired) electrons. The van der Waals surface area contributed by atoms with Gasteiger partial charge in [0.2, 0.25) is 0 Å². The van der Waals surface area contributed by atoms with E-state index in [9.17, 15) is 14.9 Å². The number of amides is 1. The molecule has 0 unspecified atom stereocenters. The number of methoxy groups -OCH3 is 1. The fraction of sp³-hybridized carbons (Fsp3) is 0.125. The van der Waals surface area contributed by atoms with Gasteiger partial charge < -0.3 is 9.47 Å². The lowest BCUT2D eigenvalue weighted by Gasteiger charge is -2.06. The molecule has 0 saturated carbocycles. The Morgan fingerprint density at radius 1 is 1.28 bits per heavy atom. The molecule has 1 N–H and O–H groups in total. The fourth-order valence-electron chi connectivity index (χ4n) is 1.77. The van der Waals surface area contributed by atoms with E-state index < -0.39 is 10.8 Å². The van der Waals surface area contributed by atoms with Gasteiger partial charge in [-0.15, -0.1) is 0 Å². The first-order valence-corrected chi connectivity index (χ1v) is 7.40. The summed E-state index contributed by atoms with van der Waals surface area (Å²) in [7, 11) is 1.55. The monoisotopic (exact) mass is 363 g/mol. The van der Waals surface area contributed by atoms with Crippen molar-refractivity contribution in [1.29, 1.82) is 0 Å². The van der Waals surface area contributed by atoms with Gasteiger partial charge in [-0.1, -0.05) is 11.6 Å². The largest absolute Gasteiger partial charge is 0.497 e. The molecule has 0 aromatic heterocycles. The van der Waals surface area contributed by atoms with E-state index in [2.05, 4.69) is 10.5 Å². The second kappa shape index (κ2) is 8.65. The summed E-state index contributed by atoms with van der Waals surface area (Å²) in [5.41, 5.74) is 2.44. The Morgan fingerprint density at radius 3 is 2.60 bits per heavy atom. The van der Waals surface area contributed by atoms with Gasteiger partial charge >= 0.3 is 0 Å². The highest BCUT2D eigenvalue weighted by Gasteiger charge is 2.08. The number of nitrogens with one attached hydrogen (secondary N) is 1. The quantitative estimate of drug-likeness (QED) is 0.463. The molecular formula is C16H14ClN3O5. The molecule has 2 aromatic rings. The number of carbonyl (C=O) groups is 1. The average molecular weight is 364 g/mol. The topological polar surface area (TPSA) is 103 Å². The molecule has 25 heavy (non-hydrogen) atoms. The van der Waals surface area contributed by atoms with Crippen molar-refractivity contribution in [3.63, 3.8) is 0 Å². The van der Waals surface area contributed by atoms with E-state index in [0.29, 0.717) is 17.1 Å². The summed E-state index contributed by atoms with van der Waals surface area (Å²) >= 11 is 5.92. The van der Waals surface area contributed by atoms with Crippen LogP contribution in [0, 0.1) is 10.1 Å². The molecule has 0 aliphatic carbocycles. The average Bonchev–Trinajstić information content (AvgIpc) is 2.61. The van der Waals surface area contributed by atoms with Gasteiger partial charge in [-0.05, 0) is 30.3 Å². The maximum atomic E-state index is 11.7. The van der Waals surface area contributed by atoms with Gasteiger partial charge in [-0.25, -0.2) is 5.43 Å². The zero-order valence-electron chi connectivity index (χ0n) is 13.1. The van der Waals surface area contributed by atoms with Crippen LogP contribution >= 0.6 is 11.6 Å². The standard InChI is InChI=1S/C16H14ClN3O5/c1-24-13-3-5-14(6-4-13)25-10-16(21)19-18-9-11-8-12(20(22)23)2-7-15(11)17/h2-9H,10H2,1H3,(H,19,21)/b18-9-. The molecule has 1 amide bonds. The van der Waals surface area contributed by atoms with E-state index in [1.807, 2.05) is 0 Å². The first kappa shape index (κ1) is 18.2. The third-order valence-electron chi connectivity index (χ3n) is 3.01. The van der Waals surface area contributed by atoms with Gasteiger partial charge in [0.05, 0.1) is 18.2 Å². The number of nitro benzene ring substituents is 1. The Labute approximate surface area is 148 Å². The number of carbonyl (C=O) groups excluding carboxylic acids is 1. The molecule has 0 bridgehead atoms. The van der Waals surface area contributed by atoms with Crippen LogP contribution < -0.4 is 14.9 Å². The van der Waals surface area contributed by atoms with Gasteiger partial charge in [0.15, 0.2) is 6.61 Å². The Morgan fingerprint density at radius 2 is 1.96 bits per heavy atom. The molecule has 0 aliphatic heterocycles. The van der Waals surface area contributed by atoms with Crippen LogP contribution in [0.25, 0.3) is 0 Å². The predicted molar refractivity (Wildman–Crippen MR) is 92.3 cm³/mol. The summed E-state index contributed by atoms with van der Waals surface area (Å²) in [6.45, 7) is -0.244. The number of nitro groups is 1. The minimum atomic E-state index is -0.547. The van der Waals surface area contributed by atoms with Crippen molar-refractivity contribution in [2.75, 3.05) is 13.7 Å². The summed E-state index contributed by atoms with van der Waals surface area (Å²) in [6.07, 6.45) is 1.22. The number of hydrogen-bond acceptors (Lipinski definition) is 6. The van der Waals surface area contributed by atoms with Crippen molar-refractivity contribution in [3.8, 4) is 11.5 Å². The van der Waals surface area contributed by atoms with Crippen molar-refractivity contribution >= 4 is 29.4 Å². The Kier molecular flexibility index (Phi) is 6.30. The lowest BCUT2D eigenvalue weighted by molar-refractivity contribution is -0.384. The predicted octanol–water partition coefficient (Wildman–Crippen LogP) is 2.79. The van der Waals surface area contributed by atoms with Gasteiger partial charge in [0.25, 0.3) is 11.6 Å². The number of hydrazone groups is 1. The van der Waals surface area contributed by atoms with Crippen molar-refractivity contribution in [2.24, 2.45) is 5.10 Å². The van der Waals surface area contributed by atoms with E-state index in [1.165, 1.54) is 24.4 Å². The second-order valence-corrected chi connectivity index (χ2v) is 5.13. The van der Waals surface area contributed by atoms with Crippen LogP contribution in [0.5, 0.6) is 11.5 Å². The molecule has 2 rings (SSSR count).